The molecule has 2 nitrogen and oxygen atoms in total. The second-order valence-electron chi connectivity index (χ2n) is 5.32. The van der Waals surface area contributed by atoms with Gasteiger partial charge in [0.05, 0.1) is 11.5 Å². The van der Waals surface area contributed by atoms with Gasteiger partial charge in [-0.15, -0.1) is 0 Å². The molecule has 0 amide bonds. The minimum absolute atomic E-state index is 0.00625. The topological polar surface area (TPSA) is 35.8 Å². The van der Waals surface area contributed by atoms with Crippen molar-refractivity contribution in [2.24, 2.45) is 5.41 Å². The Morgan fingerprint density at radius 3 is 2.20 bits per heavy atom. The molecule has 0 heterocycles. The van der Waals surface area contributed by atoms with Crippen molar-refractivity contribution >= 4 is 0 Å². The number of hydrogen-bond donors (Lipinski definition) is 1. The van der Waals surface area contributed by atoms with Crippen LogP contribution >= 0.6 is 0 Å². The zero-order chi connectivity index (χ0) is 10.6. The van der Waals surface area contributed by atoms with E-state index in [0.29, 0.717) is 6.04 Å². The first-order valence-electron chi connectivity index (χ1n) is 6.49. The van der Waals surface area contributed by atoms with Gasteiger partial charge in [0.15, 0.2) is 0 Å². The molecule has 0 aliphatic heterocycles. The largest absolute Gasteiger partial charge is 0.312 e. The molecular weight excluding hydrogens is 184 g/mol. The van der Waals surface area contributed by atoms with E-state index in [2.05, 4.69) is 11.4 Å². The molecule has 2 aliphatic carbocycles. The van der Waals surface area contributed by atoms with Crippen LogP contribution in [0, 0.1) is 16.7 Å². The molecule has 0 atom stereocenters. The van der Waals surface area contributed by atoms with Crippen molar-refractivity contribution in [2.45, 2.75) is 63.8 Å². The lowest BCUT2D eigenvalue weighted by Gasteiger charge is -2.36. The average molecular weight is 206 g/mol. The van der Waals surface area contributed by atoms with Crippen LogP contribution in [0.2, 0.25) is 0 Å². The maximum Gasteiger partial charge on any atom is 0.0703 e. The Hall–Kier alpha value is -0.550. The predicted octanol–water partition coefficient (Wildman–Crippen LogP) is 2.99. The van der Waals surface area contributed by atoms with E-state index in [1.54, 1.807) is 0 Å². The molecule has 2 heteroatoms. The fraction of sp³-hybridized carbons (Fsp3) is 0.923. The highest BCUT2D eigenvalue weighted by atomic mass is 14.9. The lowest BCUT2D eigenvalue weighted by atomic mass is 9.70. The van der Waals surface area contributed by atoms with Crippen LogP contribution < -0.4 is 5.32 Å². The monoisotopic (exact) mass is 206 g/mol. The molecule has 0 aromatic heterocycles. The van der Waals surface area contributed by atoms with Crippen LogP contribution in [-0.4, -0.2) is 12.6 Å². The van der Waals surface area contributed by atoms with Crippen LogP contribution in [0.1, 0.15) is 57.8 Å². The van der Waals surface area contributed by atoms with E-state index in [0.717, 1.165) is 19.4 Å². The Morgan fingerprint density at radius 2 is 1.73 bits per heavy atom. The zero-order valence-corrected chi connectivity index (χ0v) is 9.60. The van der Waals surface area contributed by atoms with Crippen molar-refractivity contribution in [2.75, 3.05) is 6.54 Å². The summed E-state index contributed by atoms with van der Waals surface area (Å²) in [5, 5.41) is 12.8. The number of rotatable bonds is 3. The molecule has 0 unspecified atom stereocenters. The Morgan fingerprint density at radius 1 is 1.07 bits per heavy atom. The second kappa shape index (κ2) is 4.99. The van der Waals surface area contributed by atoms with Crippen LogP contribution in [-0.2, 0) is 0 Å². The highest BCUT2D eigenvalue weighted by Gasteiger charge is 2.37. The molecule has 0 bridgehead atoms. The molecule has 0 saturated heterocycles. The molecule has 15 heavy (non-hydrogen) atoms. The quantitative estimate of drug-likeness (QED) is 0.721. The third-order valence-corrected chi connectivity index (χ3v) is 4.13. The molecule has 2 aliphatic rings. The fourth-order valence-corrected chi connectivity index (χ4v) is 2.75. The number of nitrogens with zero attached hydrogens (tertiary/aromatic N) is 1. The molecular formula is C13H22N2. The van der Waals surface area contributed by atoms with Gasteiger partial charge in [0, 0.05) is 12.6 Å². The van der Waals surface area contributed by atoms with Crippen LogP contribution in [0.5, 0.6) is 0 Å². The van der Waals surface area contributed by atoms with E-state index in [-0.39, 0.29) is 5.41 Å². The standard InChI is InChI=1S/C13H22N2/c14-10-13(8-5-9-13)11-15-12-6-3-1-2-4-7-12/h12,15H,1-9,11H2. The molecule has 0 aromatic rings. The normalized spacial score (nSPS) is 26.3. The van der Waals surface area contributed by atoms with E-state index in [9.17, 15) is 0 Å². The summed E-state index contributed by atoms with van der Waals surface area (Å²) in [4.78, 5) is 0. The van der Waals surface area contributed by atoms with Gasteiger partial charge in [0.1, 0.15) is 0 Å². The van der Waals surface area contributed by atoms with Gasteiger partial charge < -0.3 is 5.32 Å². The Balaban J connectivity index is 1.74. The van der Waals surface area contributed by atoms with Gasteiger partial charge >= 0.3 is 0 Å². The Kier molecular flexibility index (Phi) is 3.64. The maximum atomic E-state index is 9.13. The predicted molar refractivity (Wildman–Crippen MR) is 61.4 cm³/mol. The third kappa shape index (κ3) is 2.72. The van der Waals surface area contributed by atoms with Gasteiger partial charge in [-0.05, 0) is 25.7 Å². The van der Waals surface area contributed by atoms with E-state index < -0.39 is 0 Å². The van der Waals surface area contributed by atoms with E-state index in [1.165, 1.54) is 44.9 Å². The summed E-state index contributed by atoms with van der Waals surface area (Å²) < 4.78 is 0. The first kappa shape index (κ1) is 11.0. The molecule has 0 radical (unpaired) electrons. The third-order valence-electron chi connectivity index (χ3n) is 4.13. The maximum absolute atomic E-state index is 9.13. The summed E-state index contributed by atoms with van der Waals surface area (Å²) in [5.74, 6) is 0. The summed E-state index contributed by atoms with van der Waals surface area (Å²) >= 11 is 0. The summed E-state index contributed by atoms with van der Waals surface area (Å²) in [5.41, 5.74) is 0.00625. The van der Waals surface area contributed by atoms with Crippen molar-refractivity contribution in [3.05, 3.63) is 0 Å². The molecule has 2 saturated carbocycles. The van der Waals surface area contributed by atoms with E-state index in [4.69, 9.17) is 5.26 Å². The van der Waals surface area contributed by atoms with Crippen LogP contribution in [0.3, 0.4) is 0 Å². The Bertz CT molecular complexity index is 229. The summed E-state index contributed by atoms with van der Waals surface area (Å²) in [7, 11) is 0. The Labute approximate surface area is 93.0 Å². The minimum atomic E-state index is 0.00625. The molecule has 2 fully saturated rings. The van der Waals surface area contributed by atoms with Crippen LogP contribution in [0.25, 0.3) is 0 Å². The van der Waals surface area contributed by atoms with Gasteiger partial charge in [0.25, 0.3) is 0 Å². The van der Waals surface area contributed by atoms with E-state index >= 15 is 0 Å². The van der Waals surface area contributed by atoms with Gasteiger partial charge in [-0.25, -0.2) is 0 Å². The minimum Gasteiger partial charge on any atom is -0.312 e. The number of nitrogens with one attached hydrogen (secondary N) is 1. The van der Waals surface area contributed by atoms with Crippen LogP contribution in [0.4, 0.5) is 0 Å². The molecule has 2 rings (SSSR count). The molecule has 0 spiro atoms. The van der Waals surface area contributed by atoms with Crippen molar-refractivity contribution < 1.29 is 0 Å². The van der Waals surface area contributed by atoms with Crippen molar-refractivity contribution in [1.82, 2.24) is 5.32 Å². The van der Waals surface area contributed by atoms with Crippen molar-refractivity contribution in [3.8, 4) is 6.07 Å². The first-order chi connectivity index (χ1) is 7.35. The summed E-state index contributed by atoms with van der Waals surface area (Å²) in [6.45, 7) is 0.939. The smallest absolute Gasteiger partial charge is 0.0703 e. The summed E-state index contributed by atoms with van der Waals surface area (Å²) in [6.07, 6.45) is 11.7. The zero-order valence-electron chi connectivity index (χ0n) is 9.60. The SMILES string of the molecule is N#CC1(CNC2CCCCCC2)CCC1. The van der Waals surface area contributed by atoms with Crippen LogP contribution in [0.15, 0.2) is 0 Å². The van der Waals surface area contributed by atoms with Crippen molar-refractivity contribution in [3.63, 3.8) is 0 Å². The van der Waals surface area contributed by atoms with Gasteiger partial charge in [-0.1, -0.05) is 32.1 Å². The average Bonchev–Trinajstić information content (AvgIpc) is 2.45. The molecule has 0 aromatic carbocycles. The fourth-order valence-electron chi connectivity index (χ4n) is 2.75. The van der Waals surface area contributed by atoms with Gasteiger partial charge in [-0.2, -0.15) is 5.26 Å². The van der Waals surface area contributed by atoms with E-state index in [1.807, 2.05) is 0 Å². The summed E-state index contributed by atoms with van der Waals surface area (Å²) in [6, 6.07) is 3.20. The van der Waals surface area contributed by atoms with Crippen molar-refractivity contribution in [1.29, 1.82) is 5.26 Å². The lowest BCUT2D eigenvalue weighted by molar-refractivity contribution is 0.196. The lowest BCUT2D eigenvalue weighted by Crippen LogP contribution is -2.42. The first-order valence-corrected chi connectivity index (χ1v) is 6.49. The molecule has 84 valence electrons. The highest BCUT2D eigenvalue weighted by molar-refractivity contribution is 5.06. The number of nitriles is 1. The highest BCUT2D eigenvalue weighted by Crippen LogP contribution is 2.39. The second-order valence-corrected chi connectivity index (χ2v) is 5.32. The molecule has 1 N–H and O–H groups in total. The van der Waals surface area contributed by atoms with Gasteiger partial charge in [0.2, 0.25) is 0 Å². The number of hydrogen-bond acceptors (Lipinski definition) is 2. The van der Waals surface area contributed by atoms with Gasteiger partial charge in [-0.3, -0.25) is 0 Å².